The van der Waals surface area contributed by atoms with Crippen molar-refractivity contribution in [2.75, 3.05) is 13.1 Å². The van der Waals surface area contributed by atoms with E-state index in [-0.39, 0.29) is 17.9 Å². The molecule has 0 saturated carbocycles. The molecule has 6 heteroatoms. The number of rotatable bonds is 5. The van der Waals surface area contributed by atoms with E-state index >= 15 is 0 Å². The van der Waals surface area contributed by atoms with E-state index < -0.39 is 0 Å². The second-order valence-electron chi connectivity index (χ2n) is 6.00. The van der Waals surface area contributed by atoms with Crippen molar-refractivity contribution in [1.29, 1.82) is 0 Å². The van der Waals surface area contributed by atoms with Crippen LogP contribution in [0, 0.1) is 5.92 Å². The fourth-order valence-corrected chi connectivity index (χ4v) is 2.47. The van der Waals surface area contributed by atoms with E-state index in [4.69, 9.17) is 0 Å². The SMILES string of the molecule is CC(C)CCN1CCC(NC(=O)c2ncc[nH]2)CCC1=O. The van der Waals surface area contributed by atoms with Gasteiger partial charge in [-0.15, -0.1) is 0 Å². The molecule has 6 nitrogen and oxygen atoms in total. The van der Waals surface area contributed by atoms with Crippen molar-refractivity contribution in [3.05, 3.63) is 18.2 Å². The van der Waals surface area contributed by atoms with Crippen LogP contribution < -0.4 is 5.32 Å². The van der Waals surface area contributed by atoms with Crippen LogP contribution in [0.4, 0.5) is 0 Å². The first kappa shape index (κ1) is 15.5. The van der Waals surface area contributed by atoms with Crippen molar-refractivity contribution >= 4 is 11.8 Å². The molecule has 1 atom stereocenters. The number of likely N-dealkylation sites (tertiary alicyclic amines) is 1. The first-order valence-corrected chi connectivity index (χ1v) is 7.64. The van der Waals surface area contributed by atoms with Crippen LogP contribution in [0.5, 0.6) is 0 Å². The highest BCUT2D eigenvalue weighted by atomic mass is 16.2. The number of nitrogens with zero attached hydrogens (tertiary/aromatic N) is 2. The smallest absolute Gasteiger partial charge is 0.287 e. The molecule has 1 aromatic rings. The summed E-state index contributed by atoms with van der Waals surface area (Å²) in [5, 5.41) is 2.96. The summed E-state index contributed by atoms with van der Waals surface area (Å²) in [6.07, 6.45) is 6.20. The van der Waals surface area contributed by atoms with Gasteiger partial charge in [0.05, 0.1) is 0 Å². The van der Waals surface area contributed by atoms with E-state index in [1.54, 1.807) is 12.4 Å². The molecule has 0 radical (unpaired) electrons. The van der Waals surface area contributed by atoms with Gasteiger partial charge >= 0.3 is 0 Å². The minimum absolute atomic E-state index is 0.0376. The maximum absolute atomic E-state index is 12.1. The molecule has 116 valence electrons. The Bertz CT molecular complexity index is 470. The monoisotopic (exact) mass is 292 g/mol. The Morgan fingerprint density at radius 1 is 1.52 bits per heavy atom. The fourth-order valence-electron chi connectivity index (χ4n) is 2.47. The van der Waals surface area contributed by atoms with E-state index in [2.05, 4.69) is 29.1 Å². The molecule has 0 aromatic carbocycles. The lowest BCUT2D eigenvalue weighted by molar-refractivity contribution is -0.130. The van der Waals surface area contributed by atoms with Gasteiger partial charge in [0.1, 0.15) is 0 Å². The molecule has 2 N–H and O–H groups in total. The van der Waals surface area contributed by atoms with Gasteiger partial charge in [0.25, 0.3) is 5.91 Å². The first-order valence-electron chi connectivity index (χ1n) is 7.64. The van der Waals surface area contributed by atoms with Crippen LogP contribution in [0.1, 0.15) is 50.1 Å². The average molecular weight is 292 g/mol. The number of aromatic nitrogens is 2. The number of H-pyrrole nitrogens is 1. The van der Waals surface area contributed by atoms with E-state index in [9.17, 15) is 9.59 Å². The molecule has 0 bridgehead atoms. The number of hydrogen-bond donors (Lipinski definition) is 2. The molecule has 2 rings (SSSR count). The van der Waals surface area contributed by atoms with Gasteiger partial charge in [-0.05, 0) is 25.2 Å². The molecular formula is C15H24N4O2. The Morgan fingerprint density at radius 3 is 3.00 bits per heavy atom. The lowest BCUT2D eigenvalue weighted by atomic mass is 10.1. The quantitative estimate of drug-likeness (QED) is 0.864. The van der Waals surface area contributed by atoms with Gasteiger partial charge in [-0.1, -0.05) is 13.8 Å². The molecule has 1 fully saturated rings. The van der Waals surface area contributed by atoms with Gasteiger partial charge in [-0.25, -0.2) is 4.98 Å². The van der Waals surface area contributed by atoms with Gasteiger partial charge in [-0.2, -0.15) is 0 Å². The second kappa shape index (κ2) is 7.24. The lowest BCUT2D eigenvalue weighted by Gasteiger charge is -2.22. The molecule has 0 spiro atoms. The molecule has 1 saturated heterocycles. The third-order valence-corrected chi connectivity index (χ3v) is 3.83. The molecular weight excluding hydrogens is 268 g/mol. The summed E-state index contributed by atoms with van der Waals surface area (Å²) in [5.74, 6) is 0.913. The van der Waals surface area contributed by atoms with Gasteiger partial charge in [0.2, 0.25) is 5.91 Å². The largest absolute Gasteiger partial charge is 0.347 e. The first-order chi connectivity index (χ1) is 10.1. The summed E-state index contributed by atoms with van der Waals surface area (Å²) >= 11 is 0. The third kappa shape index (κ3) is 4.58. The summed E-state index contributed by atoms with van der Waals surface area (Å²) in [6, 6.07) is 0.0376. The molecule has 1 aromatic heterocycles. The zero-order chi connectivity index (χ0) is 15.2. The van der Waals surface area contributed by atoms with Crippen LogP contribution in [0.2, 0.25) is 0 Å². The topological polar surface area (TPSA) is 78.1 Å². The Hall–Kier alpha value is -1.85. The van der Waals surface area contributed by atoms with Crippen molar-refractivity contribution < 1.29 is 9.59 Å². The average Bonchev–Trinajstić information content (AvgIpc) is 2.92. The van der Waals surface area contributed by atoms with Gasteiger partial charge in [-0.3, -0.25) is 9.59 Å². The maximum atomic E-state index is 12.1. The number of nitrogens with one attached hydrogen (secondary N) is 2. The number of carbonyl (C=O) groups excluding carboxylic acids is 2. The Labute approximate surface area is 125 Å². The Morgan fingerprint density at radius 2 is 2.33 bits per heavy atom. The third-order valence-electron chi connectivity index (χ3n) is 3.83. The fraction of sp³-hybridized carbons (Fsp3) is 0.667. The zero-order valence-electron chi connectivity index (χ0n) is 12.8. The van der Waals surface area contributed by atoms with Gasteiger partial charge in [0.15, 0.2) is 5.82 Å². The lowest BCUT2D eigenvalue weighted by Crippen LogP contribution is -2.36. The summed E-state index contributed by atoms with van der Waals surface area (Å²) in [6.45, 7) is 5.85. The van der Waals surface area contributed by atoms with Crippen molar-refractivity contribution in [3.8, 4) is 0 Å². The minimum atomic E-state index is -0.201. The van der Waals surface area contributed by atoms with Crippen LogP contribution in [0.3, 0.4) is 0 Å². The van der Waals surface area contributed by atoms with Crippen LogP contribution in [0.15, 0.2) is 12.4 Å². The molecule has 2 amide bonds. The zero-order valence-corrected chi connectivity index (χ0v) is 12.8. The summed E-state index contributed by atoms with van der Waals surface area (Å²) in [7, 11) is 0. The minimum Gasteiger partial charge on any atom is -0.347 e. The predicted octanol–water partition coefficient (Wildman–Crippen LogP) is 1.57. The number of aromatic amines is 1. The summed E-state index contributed by atoms with van der Waals surface area (Å²) in [4.78, 5) is 32.7. The van der Waals surface area contributed by atoms with Crippen molar-refractivity contribution in [2.24, 2.45) is 5.92 Å². The van der Waals surface area contributed by atoms with Crippen LogP contribution in [-0.2, 0) is 4.79 Å². The predicted molar refractivity (Wildman–Crippen MR) is 79.7 cm³/mol. The molecule has 21 heavy (non-hydrogen) atoms. The van der Waals surface area contributed by atoms with Crippen molar-refractivity contribution in [3.63, 3.8) is 0 Å². The number of hydrogen-bond acceptors (Lipinski definition) is 3. The molecule has 1 aliphatic rings. The van der Waals surface area contributed by atoms with Crippen LogP contribution >= 0.6 is 0 Å². The Balaban J connectivity index is 1.85. The summed E-state index contributed by atoms with van der Waals surface area (Å²) < 4.78 is 0. The summed E-state index contributed by atoms with van der Waals surface area (Å²) in [5.41, 5.74) is 0. The van der Waals surface area contributed by atoms with Crippen molar-refractivity contribution in [1.82, 2.24) is 20.2 Å². The van der Waals surface area contributed by atoms with Crippen LogP contribution in [-0.4, -0.2) is 45.8 Å². The van der Waals surface area contributed by atoms with E-state index in [1.165, 1.54) is 0 Å². The van der Waals surface area contributed by atoms with E-state index in [0.29, 0.717) is 31.1 Å². The molecule has 2 heterocycles. The second-order valence-corrected chi connectivity index (χ2v) is 6.00. The van der Waals surface area contributed by atoms with Gasteiger partial charge < -0.3 is 15.2 Å². The van der Waals surface area contributed by atoms with Crippen molar-refractivity contribution in [2.45, 2.75) is 45.6 Å². The van der Waals surface area contributed by atoms with Gasteiger partial charge in [0, 0.05) is 37.9 Å². The number of amides is 2. The standard InChI is InChI=1S/C15H24N4O2/c1-11(2)5-9-19-10-6-12(3-4-13(19)20)18-15(21)14-16-7-8-17-14/h7-8,11-12H,3-6,9-10H2,1-2H3,(H,16,17)(H,18,21). The number of imidazole rings is 1. The molecule has 1 unspecified atom stereocenters. The highest BCUT2D eigenvalue weighted by molar-refractivity contribution is 5.90. The van der Waals surface area contributed by atoms with E-state index in [1.807, 2.05) is 4.90 Å². The van der Waals surface area contributed by atoms with E-state index in [0.717, 1.165) is 19.4 Å². The maximum Gasteiger partial charge on any atom is 0.287 e. The highest BCUT2D eigenvalue weighted by Gasteiger charge is 2.24. The molecule has 0 aliphatic carbocycles. The molecule has 1 aliphatic heterocycles. The Kier molecular flexibility index (Phi) is 5.36. The van der Waals surface area contributed by atoms with Crippen LogP contribution in [0.25, 0.3) is 0 Å². The highest BCUT2D eigenvalue weighted by Crippen LogP contribution is 2.14. The normalized spacial score (nSPS) is 19.7. The number of carbonyl (C=O) groups is 2.